The molecule has 7 nitrogen and oxygen atoms in total. The van der Waals surface area contributed by atoms with Gasteiger partial charge in [0.25, 0.3) is 0 Å². The van der Waals surface area contributed by atoms with Crippen molar-refractivity contribution in [2.75, 3.05) is 13.1 Å². The first-order valence-corrected chi connectivity index (χ1v) is 10.4. The largest absolute Gasteiger partial charge is 0.416 e. The lowest BCUT2D eigenvalue weighted by Crippen LogP contribution is -2.28. The second kappa shape index (κ2) is 9.49. The van der Waals surface area contributed by atoms with E-state index in [4.69, 9.17) is 10.00 Å². The van der Waals surface area contributed by atoms with Crippen molar-refractivity contribution < 1.29 is 22.7 Å². The molecule has 3 aromatic rings. The smallest absolute Gasteiger partial charge is 0.369 e. The first kappa shape index (κ1) is 23.2. The highest BCUT2D eigenvalue weighted by Gasteiger charge is 2.37. The van der Waals surface area contributed by atoms with Crippen LogP contribution in [0, 0.1) is 11.3 Å². The third kappa shape index (κ3) is 5.00. The molecule has 2 aromatic carbocycles. The van der Waals surface area contributed by atoms with Gasteiger partial charge in [0.1, 0.15) is 5.69 Å². The number of amides is 1. The zero-order chi connectivity index (χ0) is 24.3. The van der Waals surface area contributed by atoms with Gasteiger partial charge in [-0.15, -0.1) is 5.10 Å². The van der Waals surface area contributed by atoms with Crippen LogP contribution in [0.3, 0.4) is 0 Å². The van der Waals surface area contributed by atoms with E-state index in [1.165, 1.54) is 18.2 Å². The topological polar surface area (TPSA) is 84.0 Å². The fourth-order valence-corrected chi connectivity index (χ4v) is 3.80. The molecular weight excluding hydrogens is 447 g/mol. The fourth-order valence-electron chi connectivity index (χ4n) is 3.80. The van der Waals surface area contributed by atoms with Gasteiger partial charge >= 0.3 is 6.18 Å². The van der Waals surface area contributed by atoms with Crippen molar-refractivity contribution in [2.45, 2.75) is 24.9 Å². The SMILES string of the molecule is C=CC(=O)N1C[C@@H](n2cc(-c3cccc(C#N)c3)nn2)[C@H](OCc2ccc(C(F)(F)F)cc2)C1. The summed E-state index contributed by atoms with van der Waals surface area (Å²) >= 11 is 0. The summed E-state index contributed by atoms with van der Waals surface area (Å²) in [6.07, 6.45) is -1.93. The molecule has 1 saturated heterocycles. The van der Waals surface area contributed by atoms with Gasteiger partial charge in [0.2, 0.25) is 5.91 Å². The summed E-state index contributed by atoms with van der Waals surface area (Å²) in [6.45, 7) is 4.18. The van der Waals surface area contributed by atoms with Crippen LogP contribution < -0.4 is 0 Å². The van der Waals surface area contributed by atoms with E-state index < -0.39 is 17.8 Å². The number of alkyl halides is 3. The van der Waals surface area contributed by atoms with Crippen LogP contribution in [0.4, 0.5) is 13.2 Å². The van der Waals surface area contributed by atoms with E-state index in [-0.39, 0.29) is 25.1 Å². The average Bonchev–Trinajstić information content (AvgIpc) is 3.49. The van der Waals surface area contributed by atoms with Crippen molar-refractivity contribution in [3.05, 3.63) is 84.1 Å². The Morgan fingerprint density at radius 1 is 1.24 bits per heavy atom. The van der Waals surface area contributed by atoms with Gasteiger partial charge in [0.05, 0.1) is 42.1 Å². The Balaban J connectivity index is 1.52. The lowest BCUT2D eigenvalue weighted by molar-refractivity contribution is -0.137. The Bertz CT molecular complexity index is 1230. The molecule has 4 rings (SSSR count). The van der Waals surface area contributed by atoms with Gasteiger partial charge in [-0.2, -0.15) is 18.4 Å². The fraction of sp³-hybridized carbons (Fsp3) is 0.250. The Kier molecular flexibility index (Phi) is 6.47. The van der Waals surface area contributed by atoms with Gasteiger partial charge in [-0.1, -0.05) is 36.1 Å². The predicted octanol–water partition coefficient (Wildman–Crippen LogP) is 3.99. The molecule has 1 amide bonds. The van der Waals surface area contributed by atoms with Crippen molar-refractivity contribution in [3.8, 4) is 17.3 Å². The van der Waals surface area contributed by atoms with E-state index in [1.54, 1.807) is 34.0 Å². The average molecular weight is 467 g/mol. The summed E-state index contributed by atoms with van der Waals surface area (Å²) in [5, 5.41) is 17.5. The second-order valence-corrected chi connectivity index (χ2v) is 7.84. The highest BCUT2D eigenvalue weighted by atomic mass is 19.4. The molecule has 2 heterocycles. The van der Waals surface area contributed by atoms with Crippen LogP contribution in [0.25, 0.3) is 11.3 Å². The summed E-state index contributed by atoms with van der Waals surface area (Å²) in [7, 11) is 0. The number of hydrogen-bond donors (Lipinski definition) is 0. The van der Waals surface area contributed by atoms with Gasteiger partial charge < -0.3 is 9.64 Å². The first-order valence-electron chi connectivity index (χ1n) is 10.4. The quantitative estimate of drug-likeness (QED) is 0.512. The van der Waals surface area contributed by atoms with Crippen LogP contribution in [0.1, 0.15) is 22.7 Å². The molecule has 0 bridgehead atoms. The number of hydrogen-bond acceptors (Lipinski definition) is 5. The van der Waals surface area contributed by atoms with Crippen LogP contribution >= 0.6 is 0 Å². The van der Waals surface area contributed by atoms with E-state index in [0.29, 0.717) is 23.4 Å². The predicted molar refractivity (Wildman–Crippen MR) is 116 cm³/mol. The maximum absolute atomic E-state index is 12.8. The number of halogens is 3. The van der Waals surface area contributed by atoms with E-state index in [1.807, 2.05) is 6.07 Å². The third-order valence-corrected chi connectivity index (χ3v) is 5.61. The highest BCUT2D eigenvalue weighted by Crippen LogP contribution is 2.30. The molecule has 1 aliphatic heterocycles. The minimum Gasteiger partial charge on any atom is -0.369 e. The van der Waals surface area contributed by atoms with Crippen LogP contribution in [-0.4, -0.2) is 45.0 Å². The molecule has 0 saturated carbocycles. The van der Waals surface area contributed by atoms with Crippen LogP contribution in [0.2, 0.25) is 0 Å². The summed E-state index contributed by atoms with van der Waals surface area (Å²) in [4.78, 5) is 13.8. The van der Waals surface area contributed by atoms with Gasteiger partial charge in [0, 0.05) is 18.7 Å². The third-order valence-electron chi connectivity index (χ3n) is 5.61. The molecular formula is C24H20F3N5O2. The van der Waals surface area contributed by atoms with Crippen molar-refractivity contribution in [3.63, 3.8) is 0 Å². The number of ether oxygens (including phenoxy) is 1. The van der Waals surface area contributed by atoms with Crippen molar-refractivity contribution in [1.82, 2.24) is 19.9 Å². The highest BCUT2D eigenvalue weighted by molar-refractivity contribution is 5.87. The first-order chi connectivity index (χ1) is 16.3. The van der Waals surface area contributed by atoms with Gasteiger partial charge in [-0.3, -0.25) is 4.79 Å². The summed E-state index contributed by atoms with van der Waals surface area (Å²) in [6, 6.07) is 13.4. The number of likely N-dealkylation sites (tertiary alicyclic amines) is 1. The molecule has 1 aromatic heterocycles. The zero-order valence-electron chi connectivity index (χ0n) is 17.9. The lowest BCUT2D eigenvalue weighted by Gasteiger charge is -2.19. The van der Waals surface area contributed by atoms with E-state index in [9.17, 15) is 18.0 Å². The summed E-state index contributed by atoms with van der Waals surface area (Å²) < 4.78 is 46.0. The number of carbonyl (C=O) groups excluding carboxylic acids is 1. The summed E-state index contributed by atoms with van der Waals surface area (Å²) in [5.41, 5.74) is 1.63. The minimum absolute atomic E-state index is 0.0706. The molecule has 0 unspecified atom stereocenters. The number of nitrogens with zero attached hydrogens (tertiary/aromatic N) is 5. The van der Waals surface area contributed by atoms with Crippen molar-refractivity contribution in [1.29, 1.82) is 5.26 Å². The van der Waals surface area contributed by atoms with Gasteiger partial charge in [-0.05, 0) is 35.9 Å². The molecule has 0 N–H and O–H groups in total. The van der Waals surface area contributed by atoms with Crippen molar-refractivity contribution in [2.24, 2.45) is 0 Å². The maximum Gasteiger partial charge on any atom is 0.416 e. The minimum atomic E-state index is -4.40. The zero-order valence-corrected chi connectivity index (χ0v) is 17.9. The number of aromatic nitrogens is 3. The van der Waals surface area contributed by atoms with E-state index in [0.717, 1.165) is 17.7 Å². The molecule has 2 atom stereocenters. The Morgan fingerprint density at radius 3 is 2.68 bits per heavy atom. The van der Waals surface area contributed by atoms with Gasteiger partial charge in [0.15, 0.2) is 0 Å². The van der Waals surface area contributed by atoms with Crippen LogP contribution in [-0.2, 0) is 22.3 Å². The lowest BCUT2D eigenvalue weighted by atomic mass is 10.1. The Morgan fingerprint density at radius 2 is 2.00 bits per heavy atom. The molecule has 0 aliphatic carbocycles. The molecule has 174 valence electrons. The summed E-state index contributed by atoms with van der Waals surface area (Å²) in [5.74, 6) is -0.257. The normalized spacial score (nSPS) is 18.0. The molecule has 34 heavy (non-hydrogen) atoms. The monoisotopic (exact) mass is 467 g/mol. The number of benzene rings is 2. The molecule has 0 radical (unpaired) electrons. The standard InChI is InChI=1S/C24H20F3N5O2/c1-2-23(33)31-13-21(32-12-20(29-30-32)18-5-3-4-17(10-18)11-28)22(14-31)34-15-16-6-8-19(9-7-16)24(25,26)27/h2-10,12,21-22H,1,13-15H2/t21-,22-/m1/s1. The van der Waals surface area contributed by atoms with Gasteiger partial charge in [-0.25, -0.2) is 4.68 Å². The number of rotatable bonds is 6. The molecule has 0 spiro atoms. The molecule has 1 fully saturated rings. The molecule has 10 heteroatoms. The van der Waals surface area contributed by atoms with Crippen LogP contribution in [0.5, 0.6) is 0 Å². The second-order valence-electron chi connectivity index (χ2n) is 7.84. The molecule has 1 aliphatic rings. The number of nitriles is 1. The maximum atomic E-state index is 12.8. The van der Waals surface area contributed by atoms with E-state index >= 15 is 0 Å². The number of carbonyl (C=O) groups is 1. The Labute approximate surface area is 193 Å². The van der Waals surface area contributed by atoms with E-state index in [2.05, 4.69) is 23.0 Å². The Hall–Kier alpha value is -3.97. The van der Waals surface area contributed by atoms with Crippen LogP contribution in [0.15, 0.2) is 67.4 Å². The van der Waals surface area contributed by atoms with Crippen molar-refractivity contribution >= 4 is 5.91 Å².